The van der Waals surface area contributed by atoms with Gasteiger partial charge in [-0.2, -0.15) is 0 Å². The van der Waals surface area contributed by atoms with Gasteiger partial charge < -0.3 is 0 Å². The van der Waals surface area contributed by atoms with Crippen LogP contribution in [-0.2, 0) is 0 Å². The zero-order valence-corrected chi connectivity index (χ0v) is 6.17. The van der Waals surface area contributed by atoms with Gasteiger partial charge in [0.1, 0.15) is 4.84 Å². The van der Waals surface area contributed by atoms with E-state index in [4.69, 9.17) is 23.2 Å². The molecule has 4 heteroatoms. The van der Waals surface area contributed by atoms with Crippen LogP contribution in [0.25, 0.3) is 0 Å². The van der Waals surface area contributed by atoms with Gasteiger partial charge in [-0.25, -0.2) is 0 Å². The third-order valence-corrected chi connectivity index (χ3v) is 2.24. The Kier molecular flexibility index (Phi) is 2.11. The lowest BCUT2D eigenvalue weighted by Gasteiger charge is -1.88. The lowest BCUT2D eigenvalue weighted by atomic mass is 10.6. The summed E-state index contributed by atoms with van der Waals surface area (Å²) < 4.78 is 0. The lowest BCUT2D eigenvalue weighted by molar-refractivity contribution is 1.34. The van der Waals surface area contributed by atoms with E-state index in [1.54, 1.807) is 11.7 Å². The standard InChI is InChI=1S/C4H3Cl2NS/c5-4(6)3-1-7-2-8-3/h1-2,4H. The van der Waals surface area contributed by atoms with Crippen molar-refractivity contribution in [2.75, 3.05) is 0 Å². The van der Waals surface area contributed by atoms with Crippen molar-refractivity contribution in [3.63, 3.8) is 0 Å². The Morgan fingerprint density at radius 3 is 2.62 bits per heavy atom. The van der Waals surface area contributed by atoms with Gasteiger partial charge in [-0.15, -0.1) is 11.3 Å². The van der Waals surface area contributed by atoms with Crippen LogP contribution < -0.4 is 0 Å². The van der Waals surface area contributed by atoms with Crippen LogP contribution in [0.3, 0.4) is 0 Å². The molecule has 0 aliphatic carbocycles. The molecule has 1 aromatic heterocycles. The predicted molar refractivity (Wildman–Crippen MR) is 36.6 cm³/mol. The summed E-state index contributed by atoms with van der Waals surface area (Å²) in [7, 11) is 0. The monoisotopic (exact) mass is 167 g/mol. The van der Waals surface area contributed by atoms with Gasteiger partial charge in [-0.05, 0) is 0 Å². The van der Waals surface area contributed by atoms with Gasteiger partial charge in [0.15, 0.2) is 0 Å². The van der Waals surface area contributed by atoms with Crippen molar-refractivity contribution in [1.29, 1.82) is 0 Å². The maximum absolute atomic E-state index is 5.48. The number of nitrogens with zero attached hydrogens (tertiary/aromatic N) is 1. The fourth-order valence-corrected chi connectivity index (χ4v) is 1.22. The number of halogens is 2. The molecule has 1 heterocycles. The largest absolute Gasteiger partial charge is 0.253 e. The van der Waals surface area contributed by atoms with Crippen molar-refractivity contribution in [3.05, 3.63) is 16.6 Å². The van der Waals surface area contributed by atoms with E-state index in [-0.39, 0.29) is 0 Å². The number of hydrogen-bond acceptors (Lipinski definition) is 2. The Morgan fingerprint density at radius 1 is 1.62 bits per heavy atom. The van der Waals surface area contributed by atoms with E-state index < -0.39 is 4.84 Å². The van der Waals surface area contributed by atoms with Crippen LogP contribution >= 0.6 is 34.5 Å². The topological polar surface area (TPSA) is 12.9 Å². The molecular weight excluding hydrogens is 165 g/mol. The predicted octanol–water partition coefficient (Wildman–Crippen LogP) is 2.62. The highest BCUT2D eigenvalue weighted by molar-refractivity contribution is 7.10. The van der Waals surface area contributed by atoms with Crippen LogP contribution in [-0.4, -0.2) is 4.98 Å². The SMILES string of the molecule is ClC(Cl)c1cncs1. The molecule has 0 bridgehead atoms. The molecule has 0 fully saturated rings. The normalized spacial score (nSPS) is 10.4. The first-order chi connectivity index (χ1) is 3.80. The smallest absolute Gasteiger partial charge is 0.143 e. The number of rotatable bonds is 1. The first kappa shape index (κ1) is 6.33. The second-order valence-electron chi connectivity index (χ2n) is 1.20. The molecule has 0 saturated heterocycles. The molecule has 0 N–H and O–H groups in total. The first-order valence-electron chi connectivity index (χ1n) is 1.97. The fraction of sp³-hybridized carbons (Fsp3) is 0.250. The van der Waals surface area contributed by atoms with Crippen molar-refractivity contribution in [2.24, 2.45) is 0 Å². The number of alkyl halides is 2. The molecule has 1 nitrogen and oxygen atoms in total. The second-order valence-corrected chi connectivity index (χ2v) is 3.22. The quantitative estimate of drug-likeness (QED) is 0.587. The molecule has 0 amide bonds. The molecule has 0 aliphatic rings. The maximum Gasteiger partial charge on any atom is 0.143 e. The molecular formula is C4H3Cl2NS. The van der Waals surface area contributed by atoms with E-state index in [1.165, 1.54) is 11.3 Å². The van der Waals surface area contributed by atoms with Crippen LogP contribution in [0.15, 0.2) is 11.7 Å². The molecule has 0 unspecified atom stereocenters. The summed E-state index contributed by atoms with van der Waals surface area (Å²) >= 11 is 12.4. The van der Waals surface area contributed by atoms with Gasteiger partial charge in [-0.3, -0.25) is 4.98 Å². The molecule has 44 valence electrons. The third kappa shape index (κ3) is 1.34. The van der Waals surface area contributed by atoms with Gasteiger partial charge in [-0.1, -0.05) is 23.2 Å². The minimum absolute atomic E-state index is 0.414. The average molecular weight is 168 g/mol. The summed E-state index contributed by atoms with van der Waals surface area (Å²) in [4.78, 5) is 4.28. The Bertz CT molecular complexity index is 149. The third-order valence-electron chi connectivity index (χ3n) is 0.666. The summed E-state index contributed by atoms with van der Waals surface area (Å²) in [6.07, 6.45) is 1.66. The van der Waals surface area contributed by atoms with E-state index >= 15 is 0 Å². The summed E-state index contributed by atoms with van der Waals surface area (Å²) in [6, 6.07) is 0. The zero-order chi connectivity index (χ0) is 5.98. The molecule has 0 spiro atoms. The number of aromatic nitrogens is 1. The molecule has 0 aromatic carbocycles. The molecule has 0 aliphatic heterocycles. The Balaban J connectivity index is 2.77. The van der Waals surface area contributed by atoms with Gasteiger partial charge >= 0.3 is 0 Å². The summed E-state index contributed by atoms with van der Waals surface area (Å²) in [5.74, 6) is 0. The Hall–Kier alpha value is 0.210. The molecule has 8 heavy (non-hydrogen) atoms. The van der Waals surface area contributed by atoms with Crippen molar-refractivity contribution in [3.8, 4) is 0 Å². The van der Waals surface area contributed by atoms with Gasteiger partial charge in [0.2, 0.25) is 0 Å². The van der Waals surface area contributed by atoms with E-state index in [0.717, 1.165) is 4.88 Å². The molecule has 1 rings (SSSR count). The van der Waals surface area contributed by atoms with Crippen LogP contribution in [0.5, 0.6) is 0 Å². The van der Waals surface area contributed by atoms with E-state index in [1.807, 2.05) is 0 Å². The van der Waals surface area contributed by atoms with E-state index in [2.05, 4.69) is 4.98 Å². The van der Waals surface area contributed by atoms with Gasteiger partial charge in [0.05, 0.1) is 10.4 Å². The number of hydrogen-bond donors (Lipinski definition) is 0. The summed E-state index contributed by atoms with van der Waals surface area (Å²) in [6.45, 7) is 0. The Morgan fingerprint density at radius 2 is 2.38 bits per heavy atom. The van der Waals surface area contributed by atoms with Crippen LogP contribution in [0.2, 0.25) is 0 Å². The zero-order valence-electron chi connectivity index (χ0n) is 3.84. The highest BCUT2D eigenvalue weighted by Crippen LogP contribution is 2.26. The highest BCUT2D eigenvalue weighted by Gasteiger charge is 2.02. The van der Waals surface area contributed by atoms with Crippen molar-refractivity contribution < 1.29 is 0 Å². The fourth-order valence-electron chi connectivity index (χ4n) is 0.333. The minimum atomic E-state index is -0.414. The lowest BCUT2D eigenvalue weighted by Crippen LogP contribution is -1.68. The van der Waals surface area contributed by atoms with Gasteiger partial charge in [0, 0.05) is 6.20 Å². The second kappa shape index (κ2) is 2.67. The molecule has 0 saturated carbocycles. The van der Waals surface area contributed by atoms with Crippen LogP contribution in [0.1, 0.15) is 9.71 Å². The molecule has 0 atom stereocenters. The van der Waals surface area contributed by atoms with Gasteiger partial charge in [0.25, 0.3) is 0 Å². The van der Waals surface area contributed by atoms with Crippen LogP contribution in [0.4, 0.5) is 0 Å². The maximum atomic E-state index is 5.48. The molecule has 1 aromatic rings. The average Bonchev–Trinajstić information content (AvgIpc) is 2.12. The Labute approximate surface area is 61.3 Å². The van der Waals surface area contributed by atoms with Crippen molar-refractivity contribution in [1.82, 2.24) is 4.98 Å². The summed E-state index contributed by atoms with van der Waals surface area (Å²) in [5, 5.41) is 0. The van der Waals surface area contributed by atoms with Crippen molar-refractivity contribution in [2.45, 2.75) is 4.84 Å². The minimum Gasteiger partial charge on any atom is -0.253 e. The highest BCUT2D eigenvalue weighted by atomic mass is 35.5. The van der Waals surface area contributed by atoms with Crippen molar-refractivity contribution >= 4 is 34.5 Å². The summed E-state index contributed by atoms with van der Waals surface area (Å²) in [5.41, 5.74) is 1.70. The van der Waals surface area contributed by atoms with E-state index in [0.29, 0.717) is 0 Å². The molecule has 0 radical (unpaired) electrons. The first-order valence-corrected chi connectivity index (χ1v) is 3.72. The van der Waals surface area contributed by atoms with Crippen LogP contribution in [0, 0.1) is 0 Å². The van der Waals surface area contributed by atoms with E-state index in [9.17, 15) is 0 Å². The number of thiazole rings is 1.